The van der Waals surface area contributed by atoms with E-state index in [4.69, 9.17) is 19.4 Å². The Morgan fingerprint density at radius 1 is 1.22 bits per heavy atom. The van der Waals surface area contributed by atoms with Crippen molar-refractivity contribution in [1.82, 2.24) is 29.6 Å². The third-order valence-electron chi connectivity index (χ3n) is 6.67. The maximum Gasteiger partial charge on any atom is 0.252 e. The molecule has 0 bridgehead atoms. The lowest BCUT2D eigenvalue weighted by atomic mass is 9.95. The van der Waals surface area contributed by atoms with Crippen LogP contribution in [0.3, 0.4) is 0 Å². The number of hydrogen-bond acceptors (Lipinski definition) is 8. The van der Waals surface area contributed by atoms with Crippen LogP contribution in [0.1, 0.15) is 48.9 Å². The van der Waals surface area contributed by atoms with Crippen molar-refractivity contribution in [2.75, 3.05) is 18.5 Å². The van der Waals surface area contributed by atoms with Crippen molar-refractivity contribution in [1.29, 1.82) is 0 Å². The number of hydrogen-bond donors (Lipinski definition) is 2. The maximum absolute atomic E-state index is 12.7. The van der Waals surface area contributed by atoms with Gasteiger partial charge >= 0.3 is 0 Å². The average molecular weight is 508 g/mol. The summed E-state index contributed by atoms with van der Waals surface area (Å²) in [6.07, 6.45) is 12.1. The molecule has 1 saturated carbocycles. The van der Waals surface area contributed by atoms with E-state index in [1.54, 1.807) is 10.9 Å². The van der Waals surface area contributed by atoms with E-state index in [9.17, 15) is 4.79 Å². The number of nitrogens with one attached hydrogen (secondary N) is 2. The zero-order chi connectivity index (χ0) is 24.5. The molecule has 5 heterocycles. The number of ether oxygens (including phenoxy) is 2. The summed E-state index contributed by atoms with van der Waals surface area (Å²) in [7, 11) is 1.88. The van der Waals surface area contributed by atoms with Crippen LogP contribution in [0.25, 0.3) is 16.7 Å². The Kier molecular flexibility index (Phi) is 6.32. The highest BCUT2D eigenvalue weighted by molar-refractivity contribution is 7.14. The number of thiophene rings is 1. The van der Waals surface area contributed by atoms with Gasteiger partial charge in [-0.25, -0.2) is 4.98 Å². The van der Waals surface area contributed by atoms with Crippen molar-refractivity contribution in [3.8, 4) is 11.6 Å². The molecule has 2 N–H and O–H groups in total. The summed E-state index contributed by atoms with van der Waals surface area (Å²) in [6, 6.07) is 4.06. The first-order valence-corrected chi connectivity index (χ1v) is 13.3. The van der Waals surface area contributed by atoms with E-state index in [0.717, 1.165) is 41.0 Å². The van der Waals surface area contributed by atoms with Gasteiger partial charge in [0.25, 0.3) is 5.91 Å². The van der Waals surface area contributed by atoms with Gasteiger partial charge in [0.15, 0.2) is 0 Å². The predicted molar refractivity (Wildman–Crippen MR) is 137 cm³/mol. The summed E-state index contributed by atoms with van der Waals surface area (Å²) in [6.45, 7) is 1.21. The number of carbonyl (C=O) groups excluding carboxylic acids is 1. The van der Waals surface area contributed by atoms with Gasteiger partial charge in [0.1, 0.15) is 11.6 Å². The molecule has 1 atom stereocenters. The monoisotopic (exact) mass is 507 g/mol. The lowest BCUT2D eigenvalue weighted by Gasteiger charge is -2.22. The number of anilines is 2. The molecule has 0 aromatic carbocycles. The molecule has 4 aromatic rings. The molecule has 6 rings (SSSR count). The van der Waals surface area contributed by atoms with E-state index < -0.39 is 0 Å². The summed E-state index contributed by atoms with van der Waals surface area (Å²) in [5, 5.41) is 13.4. The average Bonchev–Trinajstić information content (AvgIpc) is 3.67. The molecule has 188 valence electrons. The van der Waals surface area contributed by atoms with E-state index in [2.05, 4.69) is 15.7 Å². The highest BCUT2D eigenvalue weighted by Gasteiger charge is 2.23. The molecule has 2 aliphatic rings. The Hall–Kier alpha value is -3.44. The quantitative estimate of drug-likeness (QED) is 0.386. The molecular formula is C25H29N7O3S. The SMILES string of the molecule is Cn1cc(-n2ccc3nc(Nc4cc(C(=O)NC5CCCCC5)cs4)nc(O[C@@H]4CCOC4)c32)cn1. The fourth-order valence-corrected chi connectivity index (χ4v) is 5.58. The van der Waals surface area contributed by atoms with Crippen LogP contribution in [0.4, 0.5) is 10.9 Å². The largest absolute Gasteiger partial charge is 0.470 e. The normalized spacial score (nSPS) is 18.5. The Morgan fingerprint density at radius 2 is 2.11 bits per heavy atom. The molecule has 1 amide bonds. The molecular weight excluding hydrogens is 478 g/mol. The fraction of sp³-hybridized carbons (Fsp3) is 0.440. The molecule has 1 aliphatic heterocycles. The number of amides is 1. The molecule has 1 saturated heterocycles. The molecule has 4 aromatic heterocycles. The maximum atomic E-state index is 12.7. The summed E-state index contributed by atoms with van der Waals surface area (Å²) >= 11 is 1.45. The second kappa shape index (κ2) is 9.90. The Bertz CT molecular complexity index is 1370. The van der Waals surface area contributed by atoms with Crippen molar-refractivity contribution in [2.24, 2.45) is 7.05 Å². The van der Waals surface area contributed by atoms with E-state index in [1.165, 1.54) is 30.6 Å². The predicted octanol–water partition coefficient (Wildman–Crippen LogP) is 4.19. The van der Waals surface area contributed by atoms with Crippen molar-refractivity contribution < 1.29 is 14.3 Å². The zero-order valence-electron chi connectivity index (χ0n) is 20.1. The molecule has 0 unspecified atom stereocenters. The van der Waals surface area contributed by atoms with Crippen LogP contribution in [0.5, 0.6) is 5.88 Å². The zero-order valence-corrected chi connectivity index (χ0v) is 21.0. The molecule has 1 aliphatic carbocycles. The van der Waals surface area contributed by atoms with E-state index >= 15 is 0 Å². The third-order valence-corrected chi connectivity index (χ3v) is 7.52. The van der Waals surface area contributed by atoms with Crippen LogP contribution in [-0.2, 0) is 11.8 Å². The smallest absolute Gasteiger partial charge is 0.252 e. The molecule has 2 fully saturated rings. The first-order valence-electron chi connectivity index (χ1n) is 12.4. The first-order chi connectivity index (χ1) is 17.6. The summed E-state index contributed by atoms with van der Waals surface area (Å²) in [5.41, 5.74) is 3.07. The molecule has 0 spiro atoms. The highest BCUT2D eigenvalue weighted by Crippen LogP contribution is 2.32. The Morgan fingerprint density at radius 3 is 2.89 bits per heavy atom. The summed E-state index contributed by atoms with van der Waals surface area (Å²) < 4.78 is 15.5. The van der Waals surface area contributed by atoms with Gasteiger partial charge in [-0.2, -0.15) is 10.1 Å². The van der Waals surface area contributed by atoms with Crippen molar-refractivity contribution in [3.05, 3.63) is 41.7 Å². The minimum absolute atomic E-state index is 0.0265. The first kappa shape index (κ1) is 23.0. The topological polar surface area (TPSA) is 108 Å². The number of rotatable bonds is 7. The minimum Gasteiger partial charge on any atom is -0.470 e. The lowest BCUT2D eigenvalue weighted by molar-refractivity contribution is 0.0928. The Balaban J connectivity index is 1.26. The molecule has 11 heteroatoms. The second-order valence-electron chi connectivity index (χ2n) is 9.38. The van der Waals surface area contributed by atoms with Crippen LogP contribution >= 0.6 is 11.3 Å². The number of nitrogens with zero attached hydrogens (tertiary/aromatic N) is 5. The van der Waals surface area contributed by atoms with Gasteiger partial charge in [0.2, 0.25) is 11.8 Å². The second-order valence-corrected chi connectivity index (χ2v) is 10.3. The van der Waals surface area contributed by atoms with Crippen molar-refractivity contribution in [3.63, 3.8) is 0 Å². The van der Waals surface area contributed by atoms with Crippen LogP contribution in [0.2, 0.25) is 0 Å². The van der Waals surface area contributed by atoms with Crippen LogP contribution in [0.15, 0.2) is 36.1 Å². The van der Waals surface area contributed by atoms with E-state index in [0.29, 0.717) is 30.6 Å². The lowest BCUT2D eigenvalue weighted by Crippen LogP contribution is -2.35. The third kappa shape index (κ3) is 4.80. The fourth-order valence-electron chi connectivity index (χ4n) is 4.81. The number of aryl methyl sites for hydroxylation is 1. The number of carbonyl (C=O) groups is 1. The number of aromatic nitrogens is 5. The summed E-state index contributed by atoms with van der Waals surface area (Å²) in [5.74, 6) is 0.876. The van der Waals surface area contributed by atoms with Gasteiger partial charge in [0.05, 0.1) is 41.2 Å². The van der Waals surface area contributed by atoms with Gasteiger partial charge in [-0.15, -0.1) is 11.3 Å². The highest BCUT2D eigenvalue weighted by atomic mass is 32.1. The molecule has 0 radical (unpaired) electrons. The minimum atomic E-state index is -0.0648. The molecule has 10 nitrogen and oxygen atoms in total. The van der Waals surface area contributed by atoms with E-state index in [1.807, 2.05) is 41.5 Å². The van der Waals surface area contributed by atoms with Gasteiger partial charge in [-0.05, 0) is 25.0 Å². The Labute approximate surface area is 212 Å². The van der Waals surface area contributed by atoms with Gasteiger partial charge in [-0.3, -0.25) is 9.48 Å². The van der Waals surface area contributed by atoms with Crippen LogP contribution in [0, 0.1) is 0 Å². The van der Waals surface area contributed by atoms with Gasteiger partial charge < -0.3 is 24.7 Å². The van der Waals surface area contributed by atoms with Crippen LogP contribution in [-0.4, -0.2) is 55.6 Å². The number of fused-ring (bicyclic) bond motifs is 1. The molecule has 36 heavy (non-hydrogen) atoms. The van der Waals surface area contributed by atoms with Crippen molar-refractivity contribution >= 4 is 39.2 Å². The van der Waals surface area contributed by atoms with E-state index in [-0.39, 0.29) is 18.1 Å². The standard InChI is InChI=1S/C25H29N7O3S/c1-31-13-18(12-26-31)32-9-7-20-22(32)24(35-19-8-10-34-14-19)30-25(28-20)29-21-11-16(15-36-21)23(33)27-17-5-3-2-4-6-17/h7,9,11-13,15,17,19H,2-6,8,10,14H2,1H3,(H,27,33)(H,28,29,30)/t19-/m1/s1. The summed E-state index contributed by atoms with van der Waals surface area (Å²) in [4.78, 5) is 22.2. The van der Waals surface area contributed by atoms with Gasteiger partial charge in [0, 0.05) is 37.3 Å². The van der Waals surface area contributed by atoms with Crippen molar-refractivity contribution in [2.45, 2.75) is 50.7 Å². The van der Waals surface area contributed by atoms with Gasteiger partial charge in [-0.1, -0.05) is 19.3 Å². The van der Waals surface area contributed by atoms with Crippen LogP contribution < -0.4 is 15.4 Å².